The highest BCUT2D eigenvalue weighted by molar-refractivity contribution is 7.66. The topological polar surface area (TPSA) is 27.7 Å². The molecule has 84 valence electrons. The Labute approximate surface area is 95.4 Å². The summed E-state index contributed by atoms with van der Waals surface area (Å²) in [5.74, 6) is 0.683. The minimum Gasteiger partial charge on any atom is -0.344 e. The molecule has 4 unspecified atom stereocenters. The van der Waals surface area contributed by atoms with E-state index in [1.54, 1.807) is 0 Å². The van der Waals surface area contributed by atoms with Crippen molar-refractivity contribution in [2.45, 2.75) is 37.1 Å². The van der Waals surface area contributed by atoms with Crippen LogP contribution in [-0.2, 0) is 14.2 Å². The molecule has 4 aliphatic heterocycles. The van der Waals surface area contributed by atoms with Gasteiger partial charge in [-0.1, -0.05) is 30.3 Å². The van der Waals surface area contributed by atoms with Gasteiger partial charge in [0.15, 0.2) is 12.6 Å². The lowest BCUT2D eigenvalue weighted by atomic mass is 10.3. The molecule has 4 fully saturated rings. The number of hydrogen-bond acceptors (Lipinski definition) is 3. The molecule has 0 aromatic heterocycles. The van der Waals surface area contributed by atoms with Crippen LogP contribution < -0.4 is 5.30 Å². The fraction of sp³-hybridized carbons (Fsp3) is 0.500. The Morgan fingerprint density at radius 1 is 0.875 bits per heavy atom. The van der Waals surface area contributed by atoms with E-state index in [0.717, 1.165) is 12.8 Å². The Morgan fingerprint density at radius 3 is 2.12 bits per heavy atom. The van der Waals surface area contributed by atoms with Crippen LogP contribution in [0.1, 0.15) is 12.8 Å². The van der Waals surface area contributed by atoms with Crippen molar-refractivity contribution in [3.63, 3.8) is 0 Å². The molecule has 4 atom stereocenters. The van der Waals surface area contributed by atoms with Crippen LogP contribution in [0.25, 0.3) is 0 Å². The summed E-state index contributed by atoms with van der Waals surface area (Å²) in [6.45, 7) is 0. The molecule has 0 aliphatic carbocycles. The quantitative estimate of drug-likeness (QED) is 0.698. The second-order valence-corrected chi connectivity index (χ2v) is 6.87. The molecule has 4 aliphatic rings. The lowest BCUT2D eigenvalue weighted by molar-refractivity contribution is -0.345. The van der Waals surface area contributed by atoms with Crippen LogP contribution in [-0.4, -0.2) is 24.3 Å². The molecule has 4 heteroatoms. The van der Waals surface area contributed by atoms with Crippen molar-refractivity contribution in [3.8, 4) is 0 Å². The van der Waals surface area contributed by atoms with Gasteiger partial charge in [0.1, 0.15) is 0 Å². The van der Waals surface area contributed by atoms with Crippen LogP contribution in [0.4, 0.5) is 0 Å². The molecule has 0 amide bonds. The van der Waals surface area contributed by atoms with Crippen molar-refractivity contribution in [2.24, 2.45) is 0 Å². The first-order valence-electron chi connectivity index (χ1n) is 5.70. The Kier molecular flexibility index (Phi) is 2.09. The zero-order chi connectivity index (χ0) is 10.5. The molecular formula is C12H13O3P. The summed E-state index contributed by atoms with van der Waals surface area (Å²) in [7, 11) is -0.325. The summed E-state index contributed by atoms with van der Waals surface area (Å²) in [5, 5.41) is 1.39. The van der Waals surface area contributed by atoms with Crippen LogP contribution in [0.15, 0.2) is 30.3 Å². The van der Waals surface area contributed by atoms with Crippen LogP contribution in [0.2, 0.25) is 0 Å². The predicted molar refractivity (Wildman–Crippen MR) is 60.6 cm³/mol. The fourth-order valence-corrected chi connectivity index (χ4v) is 5.61. The van der Waals surface area contributed by atoms with Gasteiger partial charge in [-0.25, -0.2) is 0 Å². The first-order valence-corrected chi connectivity index (χ1v) is 7.18. The molecule has 4 heterocycles. The lowest BCUT2D eigenvalue weighted by Gasteiger charge is -2.53. The maximum atomic E-state index is 5.92. The van der Waals surface area contributed by atoms with Crippen LogP contribution in [0.3, 0.4) is 0 Å². The molecule has 0 N–H and O–H groups in total. The van der Waals surface area contributed by atoms with E-state index in [0.29, 0.717) is 11.7 Å². The lowest BCUT2D eigenvalue weighted by Crippen LogP contribution is -2.54. The summed E-state index contributed by atoms with van der Waals surface area (Å²) in [4.78, 5) is 0. The van der Waals surface area contributed by atoms with Gasteiger partial charge in [0.25, 0.3) is 0 Å². The molecule has 3 nitrogen and oxygen atoms in total. The zero-order valence-electron chi connectivity index (χ0n) is 8.78. The van der Waals surface area contributed by atoms with Gasteiger partial charge in [-0.05, 0) is 13.2 Å². The molecule has 4 bridgehead atoms. The van der Waals surface area contributed by atoms with Gasteiger partial charge in [0.05, 0.1) is 11.7 Å². The van der Waals surface area contributed by atoms with Crippen molar-refractivity contribution >= 4 is 13.2 Å². The van der Waals surface area contributed by atoms with Gasteiger partial charge in [-0.3, -0.25) is 0 Å². The van der Waals surface area contributed by atoms with E-state index < -0.39 is 0 Å². The molecule has 0 saturated carbocycles. The highest BCUT2D eigenvalue weighted by Crippen LogP contribution is 2.59. The molecule has 1 aromatic carbocycles. The smallest absolute Gasteiger partial charge is 0.164 e. The largest absolute Gasteiger partial charge is 0.344 e. The highest BCUT2D eigenvalue weighted by atomic mass is 31.1. The third-order valence-electron chi connectivity index (χ3n) is 3.38. The molecule has 1 aromatic rings. The minimum atomic E-state index is -0.325. The van der Waals surface area contributed by atoms with Crippen molar-refractivity contribution in [1.82, 2.24) is 0 Å². The molecule has 16 heavy (non-hydrogen) atoms. The summed E-state index contributed by atoms with van der Waals surface area (Å²) >= 11 is 0. The first-order chi connectivity index (χ1) is 7.90. The van der Waals surface area contributed by atoms with Gasteiger partial charge in [0.2, 0.25) is 0 Å². The second kappa shape index (κ2) is 3.51. The normalized spacial score (nSPS) is 44.9. The van der Waals surface area contributed by atoms with Crippen LogP contribution in [0, 0.1) is 0 Å². The summed E-state index contributed by atoms with van der Waals surface area (Å²) in [6, 6.07) is 10.6. The predicted octanol–water partition coefficient (Wildman–Crippen LogP) is 1.97. The summed E-state index contributed by atoms with van der Waals surface area (Å²) < 4.78 is 17.4. The standard InChI is InChI=1S/C12H13O3P/c1-2-4-8(5-3-1)16-11-6-9-13-10(15-11)7-12(16)14-9/h1-5,9-12H,6-7H2. The Hall–Kier alpha value is -0.470. The number of ether oxygens (including phenoxy) is 3. The number of rotatable bonds is 1. The van der Waals surface area contributed by atoms with E-state index in [9.17, 15) is 0 Å². The molecule has 0 spiro atoms. The Balaban J connectivity index is 1.70. The Morgan fingerprint density at radius 2 is 1.50 bits per heavy atom. The van der Waals surface area contributed by atoms with Gasteiger partial charge in [-0.15, -0.1) is 0 Å². The highest BCUT2D eigenvalue weighted by Gasteiger charge is 2.51. The first kappa shape index (κ1) is 9.55. The Bertz CT molecular complexity index is 367. The SMILES string of the molecule is c1ccc(P2C3CC4OC(CC2O4)O3)cc1. The van der Waals surface area contributed by atoms with Crippen LogP contribution >= 0.6 is 7.92 Å². The maximum absolute atomic E-state index is 5.92. The average molecular weight is 236 g/mol. The van der Waals surface area contributed by atoms with E-state index >= 15 is 0 Å². The van der Waals surface area contributed by atoms with Gasteiger partial charge >= 0.3 is 0 Å². The van der Waals surface area contributed by atoms with Crippen molar-refractivity contribution in [3.05, 3.63) is 30.3 Å². The maximum Gasteiger partial charge on any atom is 0.164 e. The number of hydrogen-bond donors (Lipinski definition) is 0. The molecule has 4 saturated heterocycles. The summed E-state index contributed by atoms with van der Waals surface area (Å²) in [6.07, 6.45) is 1.77. The molecule has 0 radical (unpaired) electrons. The van der Waals surface area contributed by atoms with Gasteiger partial charge in [0, 0.05) is 12.8 Å². The fourth-order valence-electron chi connectivity index (χ4n) is 2.72. The minimum absolute atomic E-state index is 0.00929. The third kappa shape index (κ3) is 1.36. The number of benzene rings is 1. The van der Waals surface area contributed by atoms with E-state index in [2.05, 4.69) is 30.3 Å². The van der Waals surface area contributed by atoms with Crippen LogP contribution in [0.5, 0.6) is 0 Å². The van der Waals surface area contributed by atoms with E-state index in [1.807, 2.05) is 0 Å². The van der Waals surface area contributed by atoms with Gasteiger partial charge < -0.3 is 14.2 Å². The average Bonchev–Trinajstić information content (AvgIpc) is 2.29. The molecular weight excluding hydrogens is 223 g/mol. The third-order valence-corrected chi connectivity index (χ3v) is 6.18. The van der Waals surface area contributed by atoms with E-state index in [1.165, 1.54) is 5.30 Å². The van der Waals surface area contributed by atoms with E-state index in [-0.39, 0.29) is 20.5 Å². The summed E-state index contributed by atoms with van der Waals surface area (Å²) in [5.41, 5.74) is 0. The van der Waals surface area contributed by atoms with E-state index in [4.69, 9.17) is 14.2 Å². The monoisotopic (exact) mass is 236 g/mol. The second-order valence-electron chi connectivity index (χ2n) is 4.39. The van der Waals surface area contributed by atoms with Crippen molar-refractivity contribution < 1.29 is 14.2 Å². The van der Waals surface area contributed by atoms with Gasteiger partial charge in [-0.2, -0.15) is 0 Å². The zero-order valence-corrected chi connectivity index (χ0v) is 9.68. The van der Waals surface area contributed by atoms with Crippen molar-refractivity contribution in [1.29, 1.82) is 0 Å². The van der Waals surface area contributed by atoms with Crippen molar-refractivity contribution in [2.75, 3.05) is 0 Å². The molecule has 5 rings (SSSR count).